The van der Waals surface area contributed by atoms with E-state index in [1.807, 2.05) is 86.6 Å². The number of benzene rings is 3. The van der Waals surface area contributed by atoms with Crippen LogP contribution >= 0.6 is 11.3 Å². The molecule has 8 nitrogen and oxygen atoms in total. The topological polar surface area (TPSA) is 91.2 Å². The van der Waals surface area contributed by atoms with Gasteiger partial charge < -0.3 is 19.5 Å². The van der Waals surface area contributed by atoms with Gasteiger partial charge in [0.2, 0.25) is 0 Å². The van der Waals surface area contributed by atoms with Crippen molar-refractivity contribution >= 4 is 29.0 Å². The summed E-state index contributed by atoms with van der Waals surface area (Å²) in [5.74, 6) is 1.56. The highest BCUT2D eigenvalue weighted by molar-refractivity contribution is 7.07. The maximum atomic E-state index is 14.0. The molecule has 3 aromatic carbocycles. The van der Waals surface area contributed by atoms with Crippen molar-refractivity contribution in [1.29, 1.82) is 0 Å². The number of fused-ring (bicyclic) bond motifs is 1. The number of thiazole rings is 1. The lowest BCUT2D eigenvalue weighted by Gasteiger charge is -2.25. The molecular formula is C32H31N3O5S. The number of rotatable bonds is 8. The van der Waals surface area contributed by atoms with Crippen LogP contribution in [-0.2, 0) is 4.79 Å². The van der Waals surface area contributed by atoms with Crippen molar-refractivity contribution in [2.45, 2.75) is 32.9 Å². The van der Waals surface area contributed by atoms with E-state index < -0.39 is 6.04 Å². The van der Waals surface area contributed by atoms with Crippen LogP contribution in [0.25, 0.3) is 6.08 Å². The SMILES string of the molecule is COc1ccc([C@@H]2C(C(=O)Nc3ccccc3)=C(C)N=c3s/c(=C/c4ccc(OC(C)C)c(OC)c4)c(=O)n32)cc1. The lowest BCUT2D eigenvalue weighted by molar-refractivity contribution is -0.113. The number of aromatic nitrogens is 1. The van der Waals surface area contributed by atoms with Crippen molar-refractivity contribution in [2.24, 2.45) is 4.99 Å². The third-order valence-electron chi connectivity index (χ3n) is 6.58. The monoisotopic (exact) mass is 569 g/mol. The summed E-state index contributed by atoms with van der Waals surface area (Å²) >= 11 is 1.28. The first-order valence-electron chi connectivity index (χ1n) is 13.2. The first kappa shape index (κ1) is 27.9. The maximum Gasteiger partial charge on any atom is 0.271 e. The summed E-state index contributed by atoms with van der Waals surface area (Å²) in [7, 11) is 3.18. The molecule has 0 bridgehead atoms. The number of nitrogens with one attached hydrogen (secondary N) is 1. The number of ether oxygens (including phenoxy) is 3. The minimum Gasteiger partial charge on any atom is -0.497 e. The van der Waals surface area contributed by atoms with Gasteiger partial charge in [-0.3, -0.25) is 14.2 Å². The molecule has 1 N–H and O–H groups in total. The van der Waals surface area contributed by atoms with E-state index in [0.717, 1.165) is 11.1 Å². The zero-order chi connectivity index (χ0) is 29.1. The molecule has 0 fully saturated rings. The van der Waals surface area contributed by atoms with Crippen molar-refractivity contribution in [3.8, 4) is 17.2 Å². The summed E-state index contributed by atoms with van der Waals surface area (Å²) in [6, 6.07) is 21.5. The molecule has 41 heavy (non-hydrogen) atoms. The first-order chi connectivity index (χ1) is 19.8. The Labute approximate surface area is 241 Å². The number of allylic oxidation sites excluding steroid dienone is 1. The summed E-state index contributed by atoms with van der Waals surface area (Å²) in [4.78, 5) is 32.9. The van der Waals surface area contributed by atoms with Gasteiger partial charge in [-0.2, -0.15) is 0 Å². The Kier molecular flexibility index (Phi) is 8.07. The van der Waals surface area contributed by atoms with E-state index >= 15 is 0 Å². The zero-order valence-corrected chi connectivity index (χ0v) is 24.3. The highest BCUT2D eigenvalue weighted by Crippen LogP contribution is 2.32. The predicted molar refractivity (Wildman–Crippen MR) is 161 cm³/mol. The molecule has 0 saturated heterocycles. The van der Waals surface area contributed by atoms with Gasteiger partial charge in [0.25, 0.3) is 11.5 Å². The summed E-state index contributed by atoms with van der Waals surface area (Å²) in [5, 5.41) is 2.97. The van der Waals surface area contributed by atoms with Gasteiger partial charge in [-0.25, -0.2) is 4.99 Å². The van der Waals surface area contributed by atoms with E-state index in [1.165, 1.54) is 11.3 Å². The minimum absolute atomic E-state index is 0.00655. The van der Waals surface area contributed by atoms with Gasteiger partial charge in [0.1, 0.15) is 5.75 Å². The molecule has 4 aromatic rings. The quantitative estimate of drug-likeness (QED) is 0.333. The minimum atomic E-state index is -0.681. The number of methoxy groups -OCH3 is 2. The number of anilines is 1. The molecule has 1 amide bonds. The molecular weight excluding hydrogens is 538 g/mol. The van der Waals surface area contributed by atoms with Gasteiger partial charge >= 0.3 is 0 Å². The number of para-hydroxylation sites is 1. The second kappa shape index (κ2) is 11.9. The van der Waals surface area contributed by atoms with Gasteiger partial charge in [-0.05, 0) is 74.4 Å². The highest BCUT2D eigenvalue weighted by atomic mass is 32.1. The summed E-state index contributed by atoms with van der Waals surface area (Å²) in [6.45, 7) is 5.69. The van der Waals surface area contributed by atoms with E-state index in [1.54, 1.807) is 31.8 Å². The Morgan fingerprint density at radius 1 is 1.00 bits per heavy atom. The molecule has 0 radical (unpaired) electrons. The van der Waals surface area contributed by atoms with Gasteiger partial charge in [0.15, 0.2) is 16.3 Å². The van der Waals surface area contributed by atoms with Crippen molar-refractivity contribution in [3.63, 3.8) is 0 Å². The van der Waals surface area contributed by atoms with Crippen LogP contribution in [0.3, 0.4) is 0 Å². The third-order valence-corrected chi connectivity index (χ3v) is 7.56. The Morgan fingerprint density at radius 2 is 1.73 bits per heavy atom. The lowest BCUT2D eigenvalue weighted by atomic mass is 9.95. The molecule has 1 aromatic heterocycles. The van der Waals surface area contributed by atoms with Crippen LogP contribution in [0.4, 0.5) is 5.69 Å². The first-order valence-corrected chi connectivity index (χ1v) is 14.0. The highest BCUT2D eigenvalue weighted by Gasteiger charge is 2.32. The summed E-state index contributed by atoms with van der Waals surface area (Å²) < 4.78 is 18.8. The molecule has 0 aliphatic carbocycles. The van der Waals surface area contributed by atoms with E-state index in [2.05, 4.69) is 5.32 Å². The smallest absolute Gasteiger partial charge is 0.271 e. The Morgan fingerprint density at radius 3 is 2.39 bits per heavy atom. The fourth-order valence-corrected chi connectivity index (χ4v) is 5.76. The zero-order valence-electron chi connectivity index (χ0n) is 23.5. The van der Waals surface area contributed by atoms with E-state index in [9.17, 15) is 9.59 Å². The fraction of sp³-hybridized carbons (Fsp3) is 0.219. The van der Waals surface area contributed by atoms with Crippen molar-refractivity contribution < 1.29 is 19.0 Å². The largest absolute Gasteiger partial charge is 0.497 e. The van der Waals surface area contributed by atoms with Crippen LogP contribution in [0.1, 0.15) is 37.9 Å². The number of hydrogen-bond acceptors (Lipinski definition) is 7. The van der Waals surface area contributed by atoms with E-state index in [4.69, 9.17) is 19.2 Å². The molecule has 0 spiro atoms. The molecule has 210 valence electrons. The van der Waals surface area contributed by atoms with Crippen LogP contribution in [0.2, 0.25) is 0 Å². The number of carbonyl (C=O) groups is 1. The number of carbonyl (C=O) groups excluding carboxylic acids is 1. The normalized spacial score (nSPS) is 14.9. The standard InChI is InChI=1S/C32H31N3O5S/c1-19(2)40-25-16-11-21(17-26(25)39-5)18-27-31(37)35-29(22-12-14-24(38-4)15-13-22)28(20(3)33-32(35)41-27)30(36)34-23-9-7-6-8-10-23/h6-19,29H,1-5H3,(H,34,36)/b27-18+/t29-/m1/s1. The van der Waals surface area contributed by atoms with Gasteiger partial charge in [-0.1, -0.05) is 47.7 Å². The van der Waals surface area contributed by atoms with Crippen molar-refractivity contribution in [1.82, 2.24) is 4.57 Å². The Bertz CT molecular complexity index is 1790. The van der Waals surface area contributed by atoms with Crippen LogP contribution in [-0.4, -0.2) is 30.8 Å². The van der Waals surface area contributed by atoms with Crippen molar-refractivity contribution in [2.75, 3.05) is 19.5 Å². The van der Waals surface area contributed by atoms with Crippen LogP contribution < -0.4 is 34.4 Å². The predicted octanol–water partition coefficient (Wildman–Crippen LogP) is 4.68. The average molecular weight is 570 g/mol. The molecule has 1 aliphatic heterocycles. The second-order valence-electron chi connectivity index (χ2n) is 9.75. The Hall–Kier alpha value is -4.63. The molecule has 0 saturated carbocycles. The number of amides is 1. The molecule has 9 heteroatoms. The summed E-state index contributed by atoms with van der Waals surface area (Å²) in [5.41, 5.74) is 2.90. The summed E-state index contributed by atoms with van der Waals surface area (Å²) in [6.07, 6.45) is 1.80. The second-order valence-corrected chi connectivity index (χ2v) is 10.8. The third kappa shape index (κ3) is 5.81. The Balaban J connectivity index is 1.63. The van der Waals surface area contributed by atoms with Crippen molar-refractivity contribution in [3.05, 3.63) is 115 Å². The average Bonchev–Trinajstić information content (AvgIpc) is 3.27. The molecule has 5 rings (SSSR count). The molecule has 0 unspecified atom stereocenters. The number of nitrogens with zero attached hydrogens (tertiary/aromatic N) is 2. The molecule has 1 atom stereocenters. The van der Waals surface area contributed by atoms with Gasteiger partial charge in [-0.15, -0.1) is 0 Å². The molecule has 2 heterocycles. The van der Waals surface area contributed by atoms with Gasteiger partial charge in [0.05, 0.1) is 42.2 Å². The van der Waals surface area contributed by atoms with Crippen LogP contribution in [0.15, 0.2) is 93.9 Å². The van der Waals surface area contributed by atoms with E-state index in [0.29, 0.717) is 43.5 Å². The van der Waals surface area contributed by atoms with Gasteiger partial charge in [0, 0.05) is 5.69 Å². The lowest BCUT2D eigenvalue weighted by Crippen LogP contribution is -2.40. The molecule has 1 aliphatic rings. The van der Waals surface area contributed by atoms with Crippen LogP contribution in [0.5, 0.6) is 17.2 Å². The number of hydrogen-bond donors (Lipinski definition) is 1. The van der Waals surface area contributed by atoms with Crippen LogP contribution in [0, 0.1) is 0 Å². The fourth-order valence-electron chi connectivity index (χ4n) is 4.71. The maximum absolute atomic E-state index is 14.0. The van der Waals surface area contributed by atoms with E-state index in [-0.39, 0.29) is 17.6 Å².